The van der Waals surface area contributed by atoms with Gasteiger partial charge in [0.15, 0.2) is 0 Å². The molecule has 3 rings (SSSR count). The summed E-state index contributed by atoms with van der Waals surface area (Å²) in [6, 6.07) is 7.08. The SMILES string of the molecule is CSC1CCCC1n1c(CCCl)nc2c(C)cccc21. The Bertz CT molecular complexity index is 608. The van der Waals surface area contributed by atoms with Crippen molar-refractivity contribution in [2.75, 3.05) is 12.1 Å². The summed E-state index contributed by atoms with van der Waals surface area (Å²) in [6.07, 6.45) is 6.99. The fourth-order valence-corrected chi connectivity index (χ4v) is 4.56. The monoisotopic (exact) mass is 308 g/mol. The van der Waals surface area contributed by atoms with Gasteiger partial charge in [0.25, 0.3) is 0 Å². The summed E-state index contributed by atoms with van der Waals surface area (Å²) in [6.45, 7) is 2.14. The van der Waals surface area contributed by atoms with Gasteiger partial charge in [0.05, 0.1) is 11.0 Å². The number of fused-ring (bicyclic) bond motifs is 1. The van der Waals surface area contributed by atoms with Crippen molar-refractivity contribution in [1.82, 2.24) is 9.55 Å². The van der Waals surface area contributed by atoms with Crippen LogP contribution in [0.5, 0.6) is 0 Å². The topological polar surface area (TPSA) is 17.8 Å². The number of hydrogen-bond donors (Lipinski definition) is 0. The van der Waals surface area contributed by atoms with Crippen LogP contribution in [0.2, 0.25) is 0 Å². The number of alkyl halides is 1. The molecule has 4 heteroatoms. The Morgan fingerprint density at radius 2 is 2.25 bits per heavy atom. The molecule has 1 aromatic heterocycles. The van der Waals surface area contributed by atoms with Gasteiger partial charge in [-0.05, 0) is 37.7 Å². The molecule has 0 radical (unpaired) electrons. The van der Waals surface area contributed by atoms with Gasteiger partial charge in [-0.15, -0.1) is 11.6 Å². The largest absolute Gasteiger partial charge is 0.324 e. The molecule has 0 bridgehead atoms. The number of benzene rings is 1. The minimum Gasteiger partial charge on any atom is -0.324 e. The first kappa shape index (κ1) is 14.3. The average Bonchev–Trinajstić information content (AvgIpc) is 3.03. The molecule has 0 N–H and O–H groups in total. The van der Waals surface area contributed by atoms with E-state index in [4.69, 9.17) is 16.6 Å². The van der Waals surface area contributed by atoms with Crippen LogP contribution in [0, 0.1) is 6.92 Å². The lowest BCUT2D eigenvalue weighted by Gasteiger charge is -2.22. The average molecular weight is 309 g/mol. The number of aromatic nitrogens is 2. The van der Waals surface area contributed by atoms with E-state index in [1.165, 1.54) is 30.3 Å². The van der Waals surface area contributed by atoms with Crippen molar-refractivity contribution in [2.24, 2.45) is 0 Å². The first-order valence-corrected chi connectivity index (χ1v) is 9.13. The number of aryl methyl sites for hydroxylation is 2. The zero-order chi connectivity index (χ0) is 14.1. The van der Waals surface area contributed by atoms with E-state index in [1.807, 2.05) is 11.8 Å². The molecule has 0 amide bonds. The van der Waals surface area contributed by atoms with Gasteiger partial charge >= 0.3 is 0 Å². The van der Waals surface area contributed by atoms with Crippen LogP contribution in [0.1, 0.15) is 36.7 Å². The molecular weight excluding hydrogens is 288 g/mol. The Hall–Kier alpha value is -0.670. The highest BCUT2D eigenvalue weighted by Crippen LogP contribution is 2.40. The lowest BCUT2D eigenvalue weighted by Crippen LogP contribution is -2.18. The summed E-state index contributed by atoms with van der Waals surface area (Å²) in [4.78, 5) is 4.88. The molecule has 20 heavy (non-hydrogen) atoms. The molecule has 1 aliphatic rings. The van der Waals surface area contributed by atoms with Crippen molar-refractivity contribution in [2.45, 2.75) is 43.9 Å². The minimum absolute atomic E-state index is 0.579. The van der Waals surface area contributed by atoms with E-state index in [0.29, 0.717) is 17.2 Å². The van der Waals surface area contributed by atoms with Crippen LogP contribution >= 0.6 is 23.4 Å². The van der Waals surface area contributed by atoms with Crippen molar-refractivity contribution in [1.29, 1.82) is 0 Å². The van der Waals surface area contributed by atoms with E-state index in [2.05, 4.69) is 35.9 Å². The van der Waals surface area contributed by atoms with Crippen LogP contribution < -0.4 is 0 Å². The number of para-hydroxylation sites is 1. The molecule has 2 nitrogen and oxygen atoms in total. The smallest absolute Gasteiger partial charge is 0.111 e. The van der Waals surface area contributed by atoms with E-state index in [0.717, 1.165) is 17.8 Å². The first-order chi connectivity index (χ1) is 9.76. The van der Waals surface area contributed by atoms with E-state index < -0.39 is 0 Å². The van der Waals surface area contributed by atoms with Crippen molar-refractivity contribution >= 4 is 34.4 Å². The molecule has 0 spiro atoms. The Morgan fingerprint density at radius 1 is 1.40 bits per heavy atom. The van der Waals surface area contributed by atoms with Crippen molar-refractivity contribution in [3.63, 3.8) is 0 Å². The Labute approximate surface area is 129 Å². The summed E-state index contributed by atoms with van der Waals surface area (Å²) in [5.74, 6) is 1.80. The lowest BCUT2D eigenvalue weighted by atomic mass is 10.2. The third-order valence-corrected chi connectivity index (χ3v) is 5.71. The van der Waals surface area contributed by atoms with Gasteiger partial charge in [-0.25, -0.2) is 4.98 Å². The van der Waals surface area contributed by atoms with Gasteiger partial charge in [0.2, 0.25) is 0 Å². The minimum atomic E-state index is 0.579. The van der Waals surface area contributed by atoms with Crippen LogP contribution in [-0.2, 0) is 6.42 Å². The number of imidazole rings is 1. The van der Waals surface area contributed by atoms with Gasteiger partial charge in [-0.1, -0.05) is 18.6 Å². The fourth-order valence-electron chi connectivity index (χ4n) is 3.41. The predicted molar refractivity (Wildman–Crippen MR) is 89.1 cm³/mol. The zero-order valence-corrected chi connectivity index (χ0v) is 13.7. The molecule has 0 saturated heterocycles. The molecule has 2 unspecified atom stereocenters. The number of thioether (sulfide) groups is 1. The van der Waals surface area contributed by atoms with E-state index in [-0.39, 0.29) is 0 Å². The number of nitrogens with zero attached hydrogens (tertiary/aromatic N) is 2. The zero-order valence-electron chi connectivity index (χ0n) is 12.1. The van der Waals surface area contributed by atoms with Crippen LogP contribution in [0.4, 0.5) is 0 Å². The highest BCUT2D eigenvalue weighted by molar-refractivity contribution is 7.99. The third kappa shape index (κ3) is 2.35. The predicted octanol–water partition coefficient (Wildman–Crippen LogP) is 4.58. The van der Waals surface area contributed by atoms with Gasteiger partial charge in [-0.3, -0.25) is 0 Å². The van der Waals surface area contributed by atoms with Crippen LogP contribution in [-0.4, -0.2) is 26.9 Å². The highest BCUT2D eigenvalue weighted by Gasteiger charge is 2.30. The van der Waals surface area contributed by atoms with Crippen LogP contribution in [0.25, 0.3) is 11.0 Å². The molecular formula is C16H21ClN2S. The quantitative estimate of drug-likeness (QED) is 0.769. The summed E-state index contributed by atoms with van der Waals surface area (Å²) < 4.78 is 2.48. The van der Waals surface area contributed by atoms with Crippen molar-refractivity contribution in [3.05, 3.63) is 29.6 Å². The molecule has 1 aromatic carbocycles. The Kier molecular flexibility index (Phi) is 4.27. The molecule has 108 valence electrons. The molecule has 2 atom stereocenters. The van der Waals surface area contributed by atoms with E-state index in [1.54, 1.807) is 0 Å². The molecule has 1 aliphatic carbocycles. The maximum absolute atomic E-state index is 5.99. The molecule has 1 heterocycles. The normalized spacial score (nSPS) is 22.8. The van der Waals surface area contributed by atoms with Crippen molar-refractivity contribution in [3.8, 4) is 0 Å². The van der Waals surface area contributed by atoms with E-state index in [9.17, 15) is 0 Å². The number of halogens is 1. The second-order valence-electron chi connectivity index (χ2n) is 5.55. The molecule has 1 fully saturated rings. The van der Waals surface area contributed by atoms with E-state index >= 15 is 0 Å². The second kappa shape index (κ2) is 5.98. The summed E-state index contributed by atoms with van der Waals surface area (Å²) in [5.41, 5.74) is 3.70. The maximum atomic E-state index is 5.99. The van der Waals surface area contributed by atoms with Gasteiger partial charge in [0.1, 0.15) is 5.82 Å². The number of rotatable bonds is 4. The fraction of sp³-hybridized carbons (Fsp3) is 0.562. The Balaban J connectivity index is 2.16. The first-order valence-electron chi connectivity index (χ1n) is 7.31. The molecule has 2 aromatic rings. The lowest BCUT2D eigenvalue weighted by molar-refractivity contribution is 0.522. The Morgan fingerprint density at radius 3 is 3.00 bits per heavy atom. The number of hydrogen-bond acceptors (Lipinski definition) is 2. The molecule has 0 aliphatic heterocycles. The molecule has 1 saturated carbocycles. The standard InChI is InChI=1S/C16H21ClN2S/c1-11-5-3-7-13-16(11)18-15(9-10-17)19(13)12-6-4-8-14(12)20-2/h3,5,7,12,14H,4,6,8-10H2,1-2H3. The summed E-state index contributed by atoms with van der Waals surface area (Å²) in [7, 11) is 0. The van der Waals surface area contributed by atoms with Crippen molar-refractivity contribution < 1.29 is 0 Å². The third-order valence-electron chi connectivity index (χ3n) is 4.37. The summed E-state index contributed by atoms with van der Waals surface area (Å²) >= 11 is 7.99. The van der Waals surface area contributed by atoms with Gasteiger partial charge in [0, 0.05) is 23.6 Å². The van der Waals surface area contributed by atoms with Crippen LogP contribution in [0.3, 0.4) is 0 Å². The summed E-state index contributed by atoms with van der Waals surface area (Å²) in [5, 5.41) is 0.710. The van der Waals surface area contributed by atoms with Crippen LogP contribution in [0.15, 0.2) is 18.2 Å². The highest BCUT2D eigenvalue weighted by atomic mass is 35.5. The van der Waals surface area contributed by atoms with Gasteiger partial charge < -0.3 is 4.57 Å². The maximum Gasteiger partial charge on any atom is 0.111 e. The second-order valence-corrected chi connectivity index (χ2v) is 7.01. The van der Waals surface area contributed by atoms with Gasteiger partial charge in [-0.2, -0.15) is 11.8 Å².